The van der Waals surface area contributed by atoms with Crippen LogP contribution in [0.15, 0.2) is 52.2 Å². The quantitative estimate of drug-likeness (QED) is 0.326. The van der Waals surface area contributed by atoms with E-state index in [9.17, 15) is 8.42 Å². The zero-order valence-corrected chi connectivity index (χ0v) is 20.0. The van der Waals surface area contributed by atoms with Crippen molar-refractivity contribution < 1.29 is 13.2 Å². The van der Waals surface area contributed by atoms with Crippen molar-refractivity contribution >= 4 is 43.8 Å². The molecule has 0 amide bonds. The summed E-state index contributed by atoms with van der Waals surface area (Å²) >= 11 is 2.35. The molecule has 5 aromatic rings. The van der Waals surface area contributed by atoms with E-state index in [1.165, 1.54) is 11.5 Å². The Morgan fingerprint density at radius 1 is 1.18 bits per heavy atom. The summed E-state index contributed by atoms with van der Waals surface area (Å²) in [5.41, 5.74) is 1.60. The number of nitrogens with one attached hydrogen (secondary N) is 2. The van der Waals surface area contributed by atoms with E-state index in [0.717, 1.165) is 27.1 Å². The fourth-order valence-corrected chi connectivity index (χ4v) is 6.42. The van der Waals surface area contributed by atoms with Crippen molar-refractivity contribution in [2.24, 2.45) is 0 Å². The monoisotopic (exact) mass is 501 g/mol. The number of ether oxygens (including phenoxy) is 1. The van der Waals surface area contributed by atoms with Crippen LogP contribution in [0, 0.1) is 0 Å². The van der Waals surface area contributed by atoms with Gasteiger partial charge in [0.25, 0.3) is 10.0 Å². The first kappa shape index (κ1) is 21.7. The molecule has 10 nitrogen and oxygen atoms in total. The first-order chi connectivity index (χ1) is 15.9. The molecule has 1 atom stereocenters. The Balaban J connectivity index is 1.36. The highest BCUT2D eigenvalue weighted by Crippen LogP contribution is 2.31. The average Bonchev–Trinajstić information content (AvgIpc) is 3.59. The van der Waals surface area contributed by atoms with Gasteiger partial charge >= 0.3 is 6.01 Å². The van der Waals surface area contributed by atoms with Crippen molar-refractivity contribution in [1.29, 1.82) is 0 Å². The summed E-state index contributed by atoms with van der Waals surface area (Å²) in [6, 6.07) is 10.6. The number of aromatic amines is 1. The Kier molecular flexibility index (Phi) is 5.70. The van der Waals surface area contributed by atoms with Crippen LogP contribution in [-0.2, 0) is 16.6 Å². The van der Waals surface area contributed by atoms with Gasteiger partial charge in [-0.2, -0.15) is 4.72 Å². The molecule has 4 aromatic heterocycles. The molecule has 0 aliphatic heterocycles. The van der Waals surface area contributed by atoms with Crippen LogP contribution in [0.25, 0.3) is 21.5 Å². The third kappa shape index (κ3) is 4.27. The van der Waals surface area contributed by atoms with Gasteiger partial charge < -0.3 is 9.72 Å². The molecule has 0 radical (unpaired) electrons. The van der Waals surface area contributed by atoms with E-state index in [2.05, 4.69) is 29.5 Å². The smallest absolute Gasteiger partial charge is 0.322 e. The van der Waals surface area contributed by atoms with Gasteiger partial charge in [0, 0.05) is 29.7 Å². The maximum atomic E-state index is 13.0. The molecule has 0 saturated carbocycles. The zero-order chi connectivity index (χ0) is 23.0. The van der Waals surface area contributed by atoms with E-state index in [4.69, 9.17) is 4.74 Å². The first-order valence-electron chi connectivity index (χ1n) is 10.0. The summed E-state index contributed by atoms with van der Waals surface area (Å²) in [7, 11) is -3.77. The van der Waals surface area contributed by atoms with Crippen molar-refractivity contribution in [1.82, 2.24) is 34.1 Å². The topological polar surface area (TPSA) is 128 Å². The number of benzene rings is 1. The van der Waals surface area contributed by atoms with E-state index in [1.807, 2.05) is 37.4 Å². The van der Waals surface area contributed by atoms with Gasteiger partial charge in [-0.05, 0) is 61.1 Å². The molecule has 0 fully saturated rings. The van der Waals surface area contributed by atoms with E-state index >= 15 is 0 Å². The minimum atomic E-state index is -3.77. The van der Waals surface area contributed by atoms with E-state index in [0.29, 0.717) is 29.8 Å². The minimum absolute atomic E-state index is 0.190. The number of hydrogen-bond acceptors (Lipinski definition) is 9. The van der Waals surface area contributed by atoms with Gasteiger partial charge in [0.2, 0.25) is 0 Å². The third-order valence-corrected chi connectivity index (χ3v) is 8.62. The number of hydrogen-bond donors (Lipinski definition) is 2. The minimum Gasteiger partial charge on any atom is -0.424 e. The summed E-state index contributed by atoms with van der Waals surface area (Å²) in [5, 5.41) is 15.2. The average molecular weight is 502 g/mol. The lowest BCUT2D eigenvalue weighted by Gasteiger charge is -2.14. The fraction of sp³-hybridized carbons (Fsp3) is 0.200. The Labute approximate surface area is 197 Å². The second-order valence-electron chi connectivity index (χ2n) is 7.17. The SMILES string of the molecule is CCn1c(Oc2ccc3cc[nH]c3c2)nnc1[C@@H](C)NS(=O)(=O)c1ccc(-c2csnn2)s1. The van der Waals surface area contributed by atoms with E-state index in [1.54, 1.807) is 29.0 Å². The normalized spacial score (nSPS) is 12.9. The molecule has 0 aliphatic carbocycles. The zero-order valence-electron chi connectivity index (χ0n) is 17.6. The third-order valence-electron chi connectivity index (χ3n) is 4.98. The van der Waals surface area contributed by atoms with Crippen molar-refractivity contribution in [2.75, 3.05) is 0 Å². The van der Waals surface area contributed by atoms with Crippen LogP contribution in [-0.4, -0.2) is 37.8 Å². The molecule has 2 N–H and O–H groups in total. The Morgan fingerprint density at radius 3 is 2.85 bits per heavy atom. The van der Waals surface area contributed by atoms with Crippen molar-refractivity contribution in [3.8, 4) is 22.3 Å². The Morgan fingerprint density at radius 2 is 2.06 bits per heavy atom. The highest BCUT2D eigenvalue weighted by Gasteiger charge is 2.25. The van der Waals surface area contributed by atoms with Gasteiger partial charge in [-0.25, -0.2) is 8.42 Å². The van der Waals surface area contributed by atoms with Crippen molar-refractivity contribution in [3.63, 3.8) is 0 Å². The van der Waals surface area contributed by atoms with Crippen LogP contribution < -0.4 is 9.46 Å². The van der Waals surface area contributed by atoms with Crippen LogP contribution in [0.1, 0.15) is 25.7 Å². The summed E-state index contributed by atoms with van der Waals surface area (Å²) in [6.45, 7) is 4.15. The van der Waals surface area contributed by atoms with Crippen molar-refractivity contribution in [2.45, 2.75) is 30.6 Å². The summed E-state index contributed by atoms with van der Waals surface area (Å²) in [4.78, 5) is 3.88. The number of sulfonamides is 1. The molecule has 33 heavy (non-hydrogen) atoms. The predicted molar refractivity (Wildman–Crippen MR) is 126 cm³/mol. The largest absolute Gasteiger partial charge is 0.424 e. The Hall–Kier alpha value is -3.13. The molecule has 4 heterocycles. The number of fused-ring (bicyclic) bond motifs is 1. The predicted octanol–water partition coefficient (Wildman–Crippen LogP) is 4.19. The van der Waals surface area contributed by atoms with Crippen LogP contribution in [0.3, 0.4) is 0 Å². The highest BCUT2D eigenvalue weighted by molar-refractivity contribution is 7.91. The number of H-pyrrole nitrogens is 1. The lowest BCUT2D eigenvalue weighted by Crippen LogP contribution is -2.28. The second kappa shape index (κ2) is 8.67. The standard InChI is InChI=1S/C20H19N7O3S3/c1-3-27-19(23-24-20(27)30-14-5-4-13-8-9-21-15(13)10-14)12(2)25-33(28,29)18-7-6-17(32-18)16-11-31-26-22-16/h4-12,21,25H,3H2,1-2H3/t12-/m1/s1. The molecule has 0 unspecified atom stereocenters. The molecular weight excluding hydrogens is 482 g/mol. The van der Waals surface area contributed by atoms with Crippen molar-refractivity contribution in [3.05, 3.63) is 53.8 Å². The Bertz CT molecular complexity index is 1500. The summed E-state index contributed by atoms with van der Waals surface area (Å²) in [6.07, 6.45) is 1.86. The first-order valence-corrected chi connectivity index (χ1v) is 13.2. The molecule has 0 bridgehead atoms. The molecule has 170 valence electrons. The van der Waals surface area contributed by atoms with Gasteiger partial charge in [-0.3, -0.25) is 4.57 Å². The molecular formula is C20H19N7O3S3. The van der Waals surface area contributed by atoms with Gasteiger partial charge in [0.15, 0.2) is 5.82 Å². The van der Waals surface area contributed by atoms with E-state index in [-0.39, 0.29) is 4.21 Å². The second-order valence-corrected chi connectivity index (χ2v) is 10.8. The lowest BCUT2D eigenvalue weighted by atomic mass is 10.2. The summed E-state index contributed by atoms with van der Waals surface area (Å²) < 4.78 is 40.3. The maximum Gasteiger partial charge on any atom is 0.322 e. The van der Waals surface area contributed by atoms with Gasteiger partial charge in [-0.15, -0.1) is 21.5 Å². The fourth-order valence-electron chi connectivity index (χ4n) is 3.41. The van der Waals surface area contributed by atoms with Crippen LogP contribution in [0.2, 0.25) is 0 Å². The molecule has 0 saturated heterocycles. The molecule has 0 spiro atoms. The molecule has 0 aliphatic rings. The van der Waals surface area contributed by atoms with Gasteiger partial charge in [0.1, 0.15) is 15.7 Å². The van der Waals surface area contributed by atoms with E-state index < -0.39 is 16.1 Å². The van der Waals surface area contributed by atoms with Crippen LogP contribution in [0.4, 0.5) is 0 Å². The highest BCUT2D eigenvalue weighted by atomic mass is 32.2. The molecule has 5 rings (SSSR count). The maximum absolute atomic E-state index is 13.0. The summed E-state index contributed by atoms with van der Waals surface area (Å²) in [5.74, 6) is 1.06. The molecule has 13 heteroatoms. The molecule has 1 aromatic carbocycles. The van der Waals surface area contributed by atoms with Gasteiger partial charge in [-0.1, -0.05) is 9.59 Å². The number of rotatable bonds is 8. The van der Waals surface area contributed by atoms with Gasteiger partial charge in [0.05, 0.1) is 10.9 Å². The number of thiophene rings is 1. The number of nitrogens with zero attached hydrogens (tertiary/aromatic N) is 5. The van der Waals surface area contributed by atoms with Crippen LogP contribution >= 0.6 is 22.9 Å². The number of aromatic nitrogens is 6. The lowest BCUT2D eigenvalue weighted by molar-refractivity contribution is 0.408. The van der Waals surface area contributed by atoms with Crippen LogP contribution in [0.5, 0.6) is 11.8 Å².